The number of unbranched alkanes of at least 4 members (excludes halogenated alkanes) is 44. The summed E-state index contributed by atoms with van der Waals surface area (Å²) in [6.07, 6.45) is 51.4. The number of carbonyl (C=O) groups excluding carboxylic acids is 4. The lowest BCUT2D eigenvalue weighted by Crippen LogP contribution is -2.30. The first-order chi connectivity index (χ1) is 42.7. The van der Waals surface area contributed by atoms with Gasteiger partial charge in [0.2, 0.25) is 0 Å². The van der Waals surface area contributed by atoms with E-state index in [1.165, 1.54) is 180 Å². The van der Waals surface area contributed by atoms with Gasteiger partial charge >= 0.3 is 39.5 Å². The van der Waals surface area contributed by atoms with Crippen LogP contribution in [0.5, 0.6) is 0 Å². The zero-order chi connectivity index (χ0) is 64.7. The number of hydrogen-bond acceptors (Lipinski definition) is 15. The third kappa shape index (κ3) is 62.8. The summed E-state index contributed by atoms with van der Waals surface area (Å²) >= 11 is 0. The van der Waals surface area contributed by atoms with E-state index in [1.807, 2.05) is 0 Å². The Kier molecular flexibility index (Phi) is 62.4. The summed E-state index contributed by atoms with van der Waals surface area (Å²) in [5, 5.41) is 10.6. The van der Waals surface area contributed by atoms with Gasteiger partial charge in [-0.2, -0.15) is 0 Å². The van der Waals surface area contributed by atoms with E-state index < -0.39 is 97.5 Å². The van der Waals surface area contributed by atoms with Crippen molar-refractivity contribution in [2.75, 3.05) is 39.6 Å². The van der Waals surface area contributed by atoms with E-state index in [4.69, 9.17) is 37.0 Å². The SMILES string of the molecule is CCCCCCCCCCCCCCCCCCCCCC(=O)O[C@H](COC(=O)CCCCCCCCCCCCC)COP(=O)(O)OC[C@@H](O)COP(=O)(O)OC[C@@H](COC(=O)CCCCCCCCC)OC(=O)CCCCCCCCCCCCC. The van der Waals surface area contributed by atoms with Crippen LogP contribution in [-0.2, 0) is 65.4 Å². The monoisotopic (exact) mass is 1300 g/mol. The van der Waals surface area contributed by atoms with Crippen molar-refractivity contribution >= 4 is 39.5 Å². The van der Waals surface area contributed by atoms with Crippen molar-refractivity contribution in [3.8, 4) is 0 Å². The molecule has 0 radical (unpaired) electrons. The van der Waals surface area contributed by atoms with E-state index in [-0.39, 0.29) is 25.7 Å². The Morgan fingerprint density at radius 1 is 0.273 bits per heavy atom. The summed E-state index contributed by atoms with van der Waals surface area (Å²) < 4.78 is 68.1. The summed E-state index contributed by atoms with van der Waals surface area (Å²) in [6.45, 7) is 4.89. The maximum Gasteiger partial charge on any atom is 0.472 e. The Labute approximate surface area is 537 Å². The zero-order valence-electron chi connectivity index (χ0n) is 56.7. The van der Waals surface area contributed by atoms with Crippen LogP contribution >= 0.6 is 15.6 Å². The van der Waals surface area contributed by atoms with Crippen molar-refractivity contribution in [1.82, 2.24) is 0 Å². The first-order valence-corrected chi connectivity index (χ1v) is 39.3. The Morgan fingerprint density at radius 3 is 0.670 bits per heavy atom. The molecule has 17 nitrogen and oxygen atoms in total. The van der Waals surface area contributed by atoms with Crippen LogP contribution in [0.15, 0.2) is 0 Å². The number of hydrogen-bond donors (Lipinski definition) is 3. The minimum atomic E-state index is -4.95. The number of esters is 4. The van der Waals surface area contributed by atoms with E-state index in [2.05, 4.69) is 27.7 Å². The minimum Gasteiger partial charge on any atom is -0.462 e. The smallest absolute Gasteiger partial charge is 0.462 e. The van der Waals surface area contributed by atoms with Crippen molar-refractivity contribution in [3.05, 3.63) is 0 Å². The Balaban J connectivity index is 5.15. The normalized spacial score (nSPS) is 14.0. The fourth-order valence-electron chi connectivity index (χ4n) is 10.5. The summed E-state index contributed by atoms with van der Waals surface area (Å²) in [6, 6.07) is 0. The second kappa shape index (κ2) is 63.8. The molecule has 0 fully saturated rings. The number of carbonyl (C=O) groups is 4. The Morgan fingerprint density at radius 2 is 0.455 bits per heavy atom. The number of aliphatic hydroxyl groups excluding tert-OH is 1. The molecule has 0 saturated carbocycles. The van der Waals surface area contributed by atoms with Gasteiger partial charge in [0.05, 0.1) is 26.4 Å². The molecule has 0 rings (SSSR count). The van der Waals surface area contributed by atoms with Crippen LogP contribution in [0, 0.1) is 0 Å². The van der Waals surface area contributed by atoms with Gasteiger partial charge in [0, 0.05) is 25.7 Å². The molecule has 0 aromatic heterocycles. The van der Waals surface area contributed by atoms with Crippen LogP contribution in [-0.4, -0.2) is 96.7 Å². The molecular formula is C69H134O17P2. The molecule has 88 heavy (non-hydrogen) atoms. The van der Waals surface area contributed by atoms with Crippen LogP contribution in [0.4, 0.5) is 0 Å². The fourth-order valence-corrected chi connectivity index (χ4v) is 12.1. The first-order valence-electron chi connectivity index (χ1n) is 36.3. The summed E-state index contributed by atoms with van der Waals surface area (Å²) in [7, 11) is -9.89. The molecule has 0 aromatic rings. The average molecular weight is 1300 g/mol. The highest BCUT2D eigenvalue weighted by Gasteiger charge is 2.30. The van der Waals surface area contributed by atoms with Gasteiger partial charge in [-0.15, -0.1) is 0 Å². The third-order valence-corrected chi connectivity index (χ3v) is 18.0. The molecule has 0 spiro atoms. The summed E-state index contributed by atoms with van der Waals surface area (Å²) in [5.41, 5.74) is 0. The van der Waals surface area contributed by atoms with Gasteiger partial charge < -0.3 is 33.8 Å². The minimum absolute atomic E-state index is 0.107. The van der Waals surface area contributed by atoms with Gasteiger partial charge in [-0.25, -0.2) is 9.13 Å². The molecule has 0 saturated heterocycles. The molecule has 0 bridgehead atoms. The molecule has 522 valence electrons. The van der Waals surface area contributed by atoms with E-state index in [0.29, 0.717) is 25.7 Å². The van der Waals surface area contributed by atoms with Crippen molar-refractivity contribution in [2.45, 2.75) is 380 Å². The lowest BCUT2D eigenvalue weighted by Gasteiger charge is -2.21. The van der Waals surface area contributed by atoms with E-state index in [1.54, 1.807) is 0 Å². The molecule has 3 N–H and O–H groups in total. The molecule has 0 aliphatic carbocycles. The number of rotatable bonds is 70. The highest BCUT2D eigenvalue weighted by molar-refractivity contribution is 7.47. The van der Waals surface area contributed by atoms with Crippen LogP contribution in [0.2, 0.25) is 0 Å². The maximum atomic E-state index is 13.0. The van der Waals surface area contributed by atoms with Gasteiger partial charge in [0.25, 0.3) is 0 Å². The summed E-state index contributed by atoms with van der Waals surface area (Å²) in [5.74, 6) is -2.13. The van der Waals surface area contributed by atoms with E-state index >= 15 is 0 Å². The van der Waals surface area contributed by atoms with E-state index in [0.717, 1.165) is 103 Å². The standard InChI is InChI=1S/C69H134O17P2/c1-5-9-13-17-21-24-27-28-29-30-31-32-33-34-37-40-44-48-52-56-69(74)86-65(60-80-67(72)54-50-46-42-38-35-25-22-18-14-10-6-2)62-84-88(77,78)82-58-63(70)57-81-87(75,76)83-61-64(59-79-66(71)53-49-45-41-20-16-12-8-4)85-68(73)55-51-47-43-39-36-26-23-19-15-11-7-3/h63-65,70H,5-62H2,1-4H3,(H,75,76)(H,77,78)/t63-,64+,65+/m0/s1. The van der Waals surface area contributed by atoms with Gasteiger partial charge in [0.1, 0.15) is 19.3 Å². The number of aliphatic hydroxyl groups is 1. The zero-order valence-corrected chi connectivity index (χ0v) is 58.5. The molecule has 0 heterocycles. The quantitative estimate of drug-likeness (QED) is 0.0222. The third-order valence-electron chi connectivity index (χ3n) is 16.1. The molecule has 0 aromatic carbocycles. The highest BCUT2D eigenvalue weighted by atomic mass is 31.2. The molecule has 0 amide bonds. The van der Waals surface area contributed by atoms with Crippen LogP contribution < -0.4 is 0 Å². The van der Waals surface area contributed by atoms with E-state index in [9.17, 15) is 43.2 Å². The van der Waals surface area contributed by atoms with Gasteiger partial charge in [0.15, 0.2) is 12.2 Å². The largest absolute Gasteiger partial charge is 0.472 e. The Bertz CT molecular complexity index is 1690. The maximum absolute atomic E-state index is 13.0. The van der Waals surface area contributed by atoms with Gasteiger partial charge in [-0.05, 0) is 25.7 Å². The van der Waals surface area contributed by atoms with Crippen LogP contribution in [0.3, 0.4) is 0 Å². The number of phosphoric acid groups is 2. The van der Waals surface area contributed by atoms with Crippen molar-refractivity contribution in [1.29, 1.82) is 0 Å². The molecule has 0 aliphatic rings. The number of phosphoric ester groups is 2. The van der Waals surface area contributed by atoms with Crippen LogP contribution in [0.1, 0.15) is 362 Å². The van der Waals surface area contributed by atoms with Gasteiger partial charge in [-0.1, -0.05) is 310 Å². The first kappa shape index (κ1) is 86.1. The second-order valence-corrected chi connectivity index (χ2v) is 27.8. The van der Waals surface area contributed by atoms with Crippen LogP contribution in [0.25, 0.3) is 0 Å². The Hall–Kier alpha value is -1.94. The lowest BCUT2D eigenvalue weighted by molar-refractivity contribution is -0.161. The van der Waals surface area contributed by atoms with Crippen molar-refractivity contribution in [2.24, 2.45) is 0 Å². The second-order valence-electron chi connectivity index (χ2n) is 24.9. The molecule has 2 unspecified atom stereocenters. The predicted molar refractivity (Wildman–Crippen MR) is 354 cm³/mol. The fraction of sp³-hybridized carbons (Fsp3) is 0.942. The number of ether oxygens (including phenoxy) is 4. The molecular weight excluding hydrogens is 1160 g/mol. The van der Waals surface area contributed by atoms with Crippen molar-refractivity contribution in [3.63, 3.8) is 0 Å². The molecule has 5 atom stereocenters. The highest BCUT2D eigenvalue weighted by Crippen LogP contribution is 2.45. The molecule has 0 aliphatic heterocycles. The van der Waals surface area contributed by atoms with Gasteiger partial charge in [-0.3, -0.25) is 37.3 Å². The average Bonchev–Trinajstić information content (AvgIpc) is 3.68. The lowest BCUT2D eigenvalue weighted by atomic mass is 10.0. The predicted octanol–water partition coefficient (Wildman–Crippen LogP) is 19.9. The van der Waals surface area contributed by atoms with Crippen molar-refractivity contribution < 1.29 is 80.2 Å². The summed E-state index contributed by atoms with van der Waals surface area (Å²) in [4.78, 5) is 72.3. The molecule has 19 heteroatoms. The topological polar surface area (TPSA) is 237 Å².